The van der Waals surface area contributed by atoms with Gasteiger partial charge in [-0.15, -0.1) is 0 Å². The molecular weight excluding hydrogens is 298 g/mol. The van der Waals surface area contributed by atoms with E-state index in [1.165, 1.54) is 6.92 Å². The highest BCUT2D eigenvalue weighted by molar-refractivity contribution is 9.09. The van der Waals surface area contributed by atoms with E-state index in [-0.39, 0.29) is 18.5 Å². The van der Waals surface area contributed by atoms with Crippen LogP contribution < -0.4 is 5.32 Å². The van der Waals surface area contributed by atoms with Crippen molar-refractivity contribution in [1.82, 2.24) is 5.32 Å². The van der Waals surface area contributed by atoms with Crippen molar-refractivity contribution in [1.29, 1.82) is 0 Å². The van der Waals surface area contributed by atoms with Crippen molar-refractivity contribution in [3.8, 4) is 0 Å². The van der Waals surface area contributed by atoms with Gasteiger partial charge in [-0.3, -0.25) is 9.59 Å². The summed E-state index contributed by atoms with van der Waals surface area (Å²) in [6, 6.07) is 7.63. The molecule has 0 aliphatic rings. The average Bonchev–Trinajstić information content (AvgIpc) is 2.34. The standard InChI is InChI=1S/C13H16BrNO3/c1-9-3-5-11(6-4-9)12(14)13(17)18-8-7-15-10(2)16/h3-6,12H,7-8H2,1-2H3,(H,15,16). The summed E-state index contributed by atoms with van der Waals surface area (Å²) < 4.78 is 5.04. The normalized spacial score (nSPS) is 11.7. The van der Waals surface area contributed by atoms with Gasteiger partial charge >= 0.3 is 5.97 Å². The lowest BCUT2D eigenvalue weighted by Gasteiger charge is -2.10. The van der Waals surface area contributed by atoms with Gasteiger partial charge < -0.3 is 10.1 Å². The van der Waals surface area contributed by atoms with E-state index in [1.54, 1.807) is 0 Å². The predicted molar refractivity (Wildman–Crippen MR) is 72.5 cm³/mol. The van der Waals surface area contributed by atoms with Crippen molar-refractivity contribution in [3.05, 3.63) is 35.4 Å². The minimum absolute atomic E-state index is 0.139. The Labute approximate surface area is 115 Å². The number of esters is 1. The number of benzene rings is 1. The van der Waals surface area contributed by atoms with Crippen LogP contribution in [0, 0.1) is 6.92 Å². The zero-order valence-corrected chi connectivity index (χ0v) is 12.0. The van der Waals surface area contributed by atoms with Crippen molar-refractivity contribution < 1.29 is 14.3 Å². The van der Waals surface area contributed by atoms with Crippen LogP contribution in [0.15, 0.2) is 24.3 Å². The number of carbonyl (C=O) groups is 2. The van der Waals surface area contributed by atoms with Crippen molar-refractivity contribution in [3.63, 3.8) is 0 Å². The Morgan fingerprint density at radius 2 is 1.94 bits per heavy atom. The van der Waals surface area contributed by atoms with Gasteiger partial charge in [0.2, 0.25) is 5.91 Å². The van der Waals surface area contributed by atoms with E-state index in [0.717, 1.165) is 11.1 Å². The van der Waals surface area contributed by atoms with Crippen LogP contribution in [-0.4, -0.2) is 25.0 Å². The molecule has 0 aliphatic heterocycles. The molecule has 0 aliphatic carbocycles. The monoisotopic (exact) mass is 313 g/mol. The van der Waals surface area contributed by atoms with E-state index >= 15 is 0 Å². The summed E-state index contributed by atoms with van der Waals surface area (Å²) in [5, 5.41) is 2.56. The maximum absolute atomic E-state index is 11.7. The Balaban J connectivity index is 2.41. The summed E-state index contributed by atoms with van der Waals surface area (Å²) in [4.78, 5) is 21.8. The van der Waals surface area contributed by atoms with E-state index in [0.29, 0.717) is 6.54 Å². The second-order valence-electron chi connectivity index (χ2n) is 3.92. The van der Waals surface area contributed by atoms with Gasteiger partial charge in [-0.2, -0.15) is 0 Å². The second kappa shape index (κ2) is 7.16. The molecule has 1 atom stereocenters. The average molecular weight is 314 g/mol. The van der Waals surface area contributed by atoms with Crippen LogP contribution in [0.1, 0.15) is 22.9 Å². The van der Waals surface area contributed by atoms with E-state index < -0.39 is 4.83 Å². The molecule has 98 valence electrons. The largest absolute Gasteiger partial charge is 0.463 e. The molecule has 1 amide bonds. The quantitative estimate of drug-likeness (QED) is 0.514. The van der Waals surface area contributed by atoms with Crippen LogP contribution in [-0.2, 0) is 14.3 Å². The van der Waals surface area contributed by atoms with Gasteiger partial charge in [0.25, 0.3) is 0 Å². The number of rotatable bonds is 5. The van der Waals surface area contributed by atoms with Crippen LogP contribution >= 0.6 is 15.9 Å². The van der Waals surface area contributed by atoms with Gasteiger partial charge in [0.05, 0.1) is 6.54 Å². The zero-order valence-electron chi connectivity index (χ0n) is 10.4. The maximum atomic E-state index is 11.7. The first-order valence-electron chi connectivity index (χ1n) is 5.62. The molecule has 0 bridgehead atoms. The molecule has 5 heteroatoms. The van der Waals surface area contributed by atoms with Crippen molar-refractivity contribution in [2.24, 2.45) is 0 Å². The summed E-state index contributed by atoms with van der Waals surface area (Å²) >= 11 is 3.30. The SMILES string of the molecule is CC(=O)NCCOC(=O)C(Br)c1ccc(C)cc1. The third kappa shape index (κ3) is 4.87. The van der Waals surface area contributed by atoms with Crippen molar-refractivity contribution in [2.45, 2.75) is 18.7 Å². The zero-order chi connectivity index (χ0) is 13.5. The molecule has 4 nitrogen and oxygen atoms in total. The van der Waals surface area contributed by atoms with Gasteiger partial charge in [0.15, 0.2) is 0 Å². The van der Waals surface area contributed by atoms with Gasteiger partial charge in [0, 0.05) is 6.92 Å². The maximum Gasteiger partial charge on any atom is 0.324 e. The minimum atomic E-state index is -0.476. The summed E-state index contributed by atoms with van der Waals surface area (Å²) in [5.41, 5.74) is 1.99. The number of amides is 1. The molecule has 18 heavy (non-hydrogen) atoms. The minimum Gasteiger partial charge on any atom is -0.463 e. The van der Waals surface area contributed by atoms with E-state index in [4.69, 9.17) is 4.74 Å². The van der Waals surface area contributed by atoms with Gasteiger partial charge in [-0.1, -0.05) is 45.8 Å². The molecule has 0 saturated heterocycles. The van der Waals surface area contributed by atoms with Crippen LogP contribution in [0.25, 0.3) is 0 Å². The highest BCUT2D eigenvalue weighted by Gasteiger charge is 2.18. The lowest BCUT2D eigenvalue weighted by Crippen LogP contribution is -2.26. The van der Waals surface area contributed by atoms with Crippen LogP contribution in [0.3, 0.4) is 0 Å². The fourth-order valence-electron chi connectivity index (χ4n) is 1.32. The number of halogens is 1. The second-order valence-corrected chi connectivity index (χ2v) is 4.84. The molecule has 0 radical (unpaired) electrons. The molecule has 0 saturated carbocycles. The molecular formula is C13H16BrNO3. The number of alkyl halides is 1. The molecule has 1 aromatic carbocycles. The lowest BCUT2D eigenvalue weighted by atomic mass is 10.1. The molecule has 1 rings (SSSR count). The van der Waals surface area contributed by atoms with Crippen LogP contribution in [0.5, 0.6) is 0 Å². The van der Waals surface area contributed by atoms with Gasteiger partial charge in [0.1, 0.15) is 11.4 Å². The molecule has 0 heterocycles. The van der Waals surface area contributed by atoms with Gasteiger partial charge in [-0.25, -0.2) is 0 Å². The Kier molecular flexibility index (Phi) is 5.85. The number of ether oxygens (including phenoxy) is 1. The number of nitrogens with one attached hydrogen (secondary N) is 1. The van der Waals surface area contributed by atoms with Crippen molar-refractivity contribution >= 4 is 27.8 Å². The van der Waals surface area contributed by atoms with E-state index in [9.17, 15) is 9.59 Å². The Morgan fingerprint density at radius 3 is 2.50 bits per heavy atom. The van der Waals surface area contributed by atoms with Gasteiger partial charge in [-0.05, 0) is 12.5 Å². The first-order chi connectivity index (χ1) is 8.50. The number of carbonyl (C=O) groups excluding carboxylic acids is 2. The molecule has 0 aromatic heterocycles. The predicted octanol–water partition coefficient (Wildman–Crippen LogP) is 2.11. The van der Waals surface area contributed by atoms with Crippen LogP contribution in [0.4, 0.5) is 0 Å². The third-order valence-electron chi connectivity index (χ3n) is 2.30. The highest BCUT2D eigenvalue weighted by atomic mass is 79.9. The third-order valence-corrected chi connectivity index (χ3v) is 3.20. The summed E-state index contributed by atoms with van der Waals surface area (Å²) in [5.74, 6) is -0.496. The smallest absolute Gasteiger partial charge is 0.324 e. The van der Waals surface area contributed by atoms with Crippen LogP contribution in [0.2, 0.25) is 0 Å². The first-order valence-corrected chi connectivity index (χ1v) is 6.54. The summed E-state index contributed by atoms with van der Waals surface area (Å²) in [6.45, 7) is 3.90. The molecule has 1 aromatic rings. The highest BCUT2D eigenvalue weighted by Crippen LogP contribution is 2.24. The fraction of sp³-hybridized carbons (Fsp3) is 0.385. The summed E-state index contributed by atoms with van der Waals surface area (Å²) in [7, 11) is 0. The Bertz CT molecular complexity index is 417. The summed E-state index contributed by atoms with van der Waals surface area (Å²) in [6.07, 6.45) is 0. The number of hydrogen-bond donors (Lipinski definition) is 1. The molecule has 0 spiro atoms. The van der Waals surface area contributed by atoms with E-state index in [2.05, 4.69) is 21.2 Å². The molecule has 1 unspecified atom stereocenters. The van der Waals surface area contributed by atoms with E-state index in [1.807, 2.05) is 31.2 Å². The molecule has 0 fully saturated rings. The number of hydrogen-bond acceptors (Lipinski definition) is 3. The topological polar surface area (TPSA) is 55.4 Å². The Hall–Kier alpha value is -1.36. The molecule has 1 N–H and O–H groups in total. The lowest BCUT2D eigenvalue weighted by molar-refractivity contribution is -0.143. The fourth-order valence-corrected chi connectivity index (χ4v) is 1.76. The number of aryl methyl sites for hydroxylation is 1. The Morgan fingerprint density at radius 1 is 1.33 bits per heavy atom. The first kappa shape index (κ1) is 14.7. The van der Waals surface area contributed by atoms with Crippen molar-refractivity contribution in [2.75, 3.05) is 13.2 Å².